The van der Waals surface area contributed by atoms with Crippen LogP contribution in [0.2, 0.25) is 0 Å². The number of rotatable bonds is 10. The molecule has 0 bridgehead atoms. The van der Waals surface area contributed by atoms with E-state index in [9.17, 15) is 0 Å². The number of phenolic OH excluding ortho intramolecular Hbond substituents is 1. The zero-order chi connectivity index (χ0) is 49.8. The molecule has 2 aliphatic heterocycles. The fourth-order valence-corrected chi connectivity index (χ4v) is 8.00. The summed E-state index contributed by atoms with van der Waals surface area (Å²) in [5.41, 5.74) is 20.7. The first-order valence-corrected chi connectivity index (χ1v) is 23.6. The number of fused-ring (bicyclic) bond motifs is 2. The van der Waals surface area contributed by atoms with Crippen molar-refractivity contribution < 1.29 is 33.5 Å². The lowest BCUT2D eigenvalue weighted by Crippen LogP contribution is -2.31. The van der Waals surface area contributed by atoms with Gasteiger partial charge in [-0.3, -0.25) is 0 Å². The number of nitrogen functional groups attached to an aromatic ring is 2. The van der Waals surface area contributed by atoms with Gasteiger partial charge in [-0.1, -0.05) is 72.8 Å². The minimum Gasteiger partial charge on any atom is -0.508 e. The number of nitrogens with two attached hydrogens (primary N) is 2. The lowest BCUT2D eigenvalue weighted by atomic mass is 10.1. The zero-order valence-electron chi connectivity index (χ0n) is 40.4. The van der Waals surface area contributed by atoms with Crippen molar-refractivity contribution in [2.24, 2.45) is 0 Å². The van der Waals surface area contributed by atoms with E-state index in [0.717, 1.165) is 53.0 Å². The number of benzene rings is 9. The molecule has 9 aromatic rings. The summed E-state index contributed by atoms with van der Waals surface area (Å²) in [6, 6.07) is 65.7. The average molecular weight is 957 g/mol. The molecule has 0 fully saturated rings. The van der Waals surface area contributed by atoms with E-state index in [0.29, 0.717) is 65.1 Å². The smallest absolute Gasteiger partial charge is 0.161 e. The molecule has 9 aromatic carbocycles. The minimum atomic E-state index is 0.338. The predicted octanol–water partition coefficient (Wildman–Crippen LogP) is 14.7. The second kappa shape index (κ2) is 22.5. The molecule has 11 nitrogen and oxygen atoms in total. The number of anilines is 4. The maximum Gasteiger partial charge on any atom is 0.161 e. The number of nitrogens with zero attached hydrogens (tertiary/aromatic N) is 2. The monoisotopic (exact) mass is 956 g/mol. The van der Waals surface area contributed by atoms with Crippen LogP contribution >= 0.6 is 0 Å². The van der Waals surface area contributed by atoms with E-state index >= 15 is 0 Å². The first kappa shape index (κ1) is 47.8. The number of hydrogen-bond acceptors (Lipinski definition) is 11. The maximum atomic E-state index is 8.81. The molecule has 11 rings (SSSR count). The van der Waals surface area contributed by atoms with E-state index in [-0.39, 0.29) is 0 Å². The lowest BCUT2D eigenvalue weighted by Gasteiger charge is -2.31. The molecule has 0 aliphatic carbocycles. The van der Waals surface area contributed by atoms with Crippen molar-refractivity contribution in [1.82, 2.24) is 0 Å². The van der Waals surface area contributed by atoms with Crippen LogP contribution < -0.4 is 49.7 Å². The van der Waals surface area contributed by atoms with Crippen molar-refractivity contribution in [2.75, 3.05) is 34.7 Å². The maximum absolute atomic E-state index is 8.81. The number of aromatic hydroxyl groups is 1. The molecule has 0 saturated heterocycles. The fourth-order valence-electron chi connectivity index (χ4n) is 8.00. The molecular formula is C61H56N4O7. The fraction of sp³-hybridized carbons (Fsp3) is 0.115. The van der Waals surface area contributed by atoms with Crippen LogP contribution in [0.4, 0.5) is 22.7 Å². The van der Waals surface area contributed by atoms with Crippen LogP contribution in [0.1, 0.15) is 27.8 Å². The Morgan fingerprint density at radius 1 is 0.375 bits per heavy atom. The topological polar surface area (TPSA) is 134 Å². The van der Waals surface area contributed by atoms with Gasteiger partial charge in [0.05, 0.1) is 0 Å². The molecule has 2 aliphatic rings. The third-order valence-corrected chi connectivity index (χ3v) is 11.6. The summed E-state index contributed by atoms with van der Waals surface area (Å²) in [5.74, 6) is 7.88. The SMILES string of the molecule is Cc1ccc2c(c1)OCN(c1cccc(Oc3cccc(Oc4cccc(N5COc6cc(C)ccc6C5)c4)c3)c1)C2.Cc1cccc(O)c1.Nc1cccc(Oc2cccc(Oc3cccc(N)c3)c2)c1. The van der Waals surface area contributed by atoms with Crippen molar-refractivity contribution in [2.45, 2.75) is 33.9 Å². The standard InChI is InChI=1S/C36H32N2O4.C18H16N2O2.C7H8O/c1-25-12-14-27-21-37(23-39-35(27)16-25)29-6-3-8-31(18-29)41-33-10-5-11-34(20-33)42-32-9-4-7-30(19-32)38-22-28-15-13-26(2)17-36(28)40-24-38;19-13-4-1-6-15(10-13)21-17-8-3-9-18(12-17)22-16-7-2-5-14(20)11-16;1-6-3-2-4-7(8)5-6/h3-20H,21-24H2,1-2H3;1-12H,19-20H2;2-5,8H,1H3. The van der Waals surface area contributed by atoms with Gasteiger partial charge in [0, 0.05) is 83.4 Å². The molecule has 0 saturated carbocycles. The van der Waals surface area contributed by atoms with Crippen LogP contribution in [0.5, 0.6) is 63.2 Å². The van der Waals surface area contributed by atoms with Gasteiger partial charge in [0.1, 0.15) is 63.2 Å². The Morgan fingerprint density at radius 3 is 1.10 bits per heavy atom. The second-order valence-electron chi connectivity index (χ2n) is 17.5. The van der Waals surface area contributed by atoms with Crippen molar-refractivity contribution in [3.8, 4) is 63.2 Å². The number of hydrogen-bond donors (Lipinski definition) is 3. The molecule has 0 spiro atoms. The van der Waals surface area contributed by atoms with Crippen molar-refractivity contribution in [3.05, 3.63) is 234 Å². The largest absolute Gasteiger partial charge is 0.508 e. The second-order valence-corrected chi connectivity index (χ2v) is 17.5. The lowest BCUT2D eigenvalue weighted by molar-refractivity contribution is 0.289. The van der Waals surface area contributed by atoms with Gasteiger partial charge in [-0.25, -0.2) is 0 Å². The minimum absolute atomic E-state index is 0.338. The highest BCUT2D eigenvalue weighted by molar-refractivity contribution is 5.56. The summed E-state index contributed by atoms with van der Waals surface area (Å²) in [7, 11) is 0. The predicted molar refractivity (Wildman–Crippen MR) is 286 cm³/mol. The molecule has 0 unspecified atom stereocenters. The molecular weight excluding hydrogens is 901 g/mol. The van der Waals surface area contributed by atoms with Crippen LogP contribution in [-0.4, -0.2) is 18.6 Å². The Bertz CT molecular complexity index is 3080. The molecule has 0 radical (unpaired) electrons. The summed E-state index contributed by atoms with van der Waals surface area (Å²) in [4.78, 5) is 4.40. The van der Waals surface area contributed by atoms with Gasteiger partial charge in [-0.05, 0) is 135 Å². The Labute approximate surface area is 420 Å². The zero-order valence-corrected chi connectivity index (χ0v) is 40.4. The third kappa shape index (κ3) is 13.1. The van der Waals surface area contributed by atoms with Gasteiger partial charge in [0.25, 0.3) is 0 Å². The quantitative estimate of drug-likeness (QED) is 0.113. The van der Waals surface area contributed by atoms with Gasteiger partial charge >= 0.3 is 0 Å². The molecule has 362 valence electrons. The normalized spacial score (nSPS) is 12.2. The summed E-state index contributed by atoms with van der Waals surface area (Å²) in [6.45, 7) is 8.68. The summed E-state index contributed by atoms with van der Waals surface area (Å²) >= 11 is 0. The third-order valence-electron chi connectivity index (χ3n) is 11.6. The Hall–Kier alpha value is -9.22. The number of phenols is 1. The van der Waals surface area contributed by atoms with Crippen molar-refractivity contribution in [1.29, 1.82) is 0 Å². The van der Waals surface area contributed by atoms with E-state index in [1.54, 1.807) is 24.3 Å². The first-order chi connectivity index (χ1) is 35.0. The van der Waals surface area contributed by atoms with Gasteiger partial charge < -0.3 is 54.8 Å². The van der Waals surface area contributed by atoms with Gasteiger partial charge in [0.15, 0.2) is 13.5 Å². The van der Waals surface area contributed by atoms with E-state index in [2.05, 4.69) is 72.2 Å². The van der Waals surface area contributed by atoms with Crippen LogP contribution in [0.25, 0.3) is 0 Å². The van der Waals surface area contributed by atoms with Gasteiger partial charge in [-0.15, -0.1) is 0 Å². The highest BCUT2D eigenvalue weighted by atomic mass is 16.5. The molecule has 72 heavy (non-hydrogen) atoms. The number of ether oxygens (including phenoxy) is 6. The van der Waals surface area contributed by atoms with E-state index < -0.39 is 0 Å². The highest BCUT2D eigenvalue weighted by Gasteiger charge is 2.20. The molecule has 0 aromatic heterocycles. The van der Waals surface area contributed by atoms with Crippen LogP contribution in [-0.2, 0) is 13.1 Å². The summed E-state index contributed by atoms with van der Waals surface area (Å²) in [6.07, 6.45) is 0. The van der Waals surface area contributed by atoms with Crippen LogP contribution in [0.15, 0.2) is 206 Å². The van der Waals surface area contributed by atoms with Gasteiger partial charge in [-0.2, -0.15) is 0 Å². The summed E-state index contributed by atoms with van der Waals surface area (Å²) in [5, 5.41) is 8.81. The van der Waals surface area contributed by atoms with Gasteiger partial charge in [0.2, 0.25) is 0 Å². The van der Waals surface area contributed by atoms with E-state index in [4.69, 9.17) is 45.0 Å². The Balaban J connectivity index is 0.000000176. The molecule has 0 amide bonds. The summed E-state index contributed by atoms with van der Waals surface area (Å²) < 4.78 is 36.1. The average Bonchev–Trinajstić information content (AvgIpc) is 3.37. The highest BCUT2D eigenvalue weighted by Crippen LogP contribution is 2.36. The van der Waals surface area contributed by atoms with E-state index in [1.807, 2.05) is 140 Å². The Kier molecular flexibility index (Phi) is 14.9. The first-order valence-electron chi connectivity index (χ1n) is 23.6. The van der Waals surface area contributed by atoms with Crippen molar-refractivity contribution >= 4 is 22.7 Å². The molecule has 0 atom stereocenters. The van der Waals surface area contributed by atoms with Crippen LogP contribution in [0, 0.1) is 20.8 Å². The Morgan fingerprint density at radius 2 is 0.722 bits per heavy atom. The molecule has 2 heterocycles. The molecule has 5 N–H and O–H groups in total. The van der Waals surface area contributed by atoms with Crippen molar-refractivity contribution in [3.63, 3.8) is 0 Å². The van der Waals surface area contributed by atoms with E-state index in [1.165, 1.54) is 22.3 Å². The number of aryl methyl sites for hydroxylation is 3. The molecule has 11 heteroatoms. The van der Waals surface area contributed by atoms with Crippen LogP contribution in [0.3, 0.4) is 0 Å².